The van der Waals surface area contributed by atoms with Gasteiger partial charge >= 0.3 is 0 Å². The van der Waals surface area contributed by atoms with Gasteiger partial charge in [0.15, 0.2) is 0 Å². The molecule has 0 aliphatic carbocycles. The minimum absolute atomic E-state index is 0.251. The van der Waals surface area contributed by atoms with Gasteiger partial charge in [-0.1, -0.05) is 11.6 Å². The van der Waals surface area contributed by atoms with Crippen molar-refractivity contribution in [3.8, 4) is 6.07 Å². The molecule has 1 N–H and O–H groups in total. The van der Waals surface area contributed by atoms with Crippen molar-refractivity contribution >= 4 is 16.7 Å². The van der Waals surface area contributed by atoms with Crippen molar-refractivity contribution in [3.05, 3.63) is 65.2 Å². The van der Waals surface area contributed by atoms with E-state index in [0.717, 1.165) is 16.5 Å². The highest BCUT2D eigenvalue weighted by Gasteiger charge is 2.07. The zero-order valence-electron chi connectivity index (χ0n) is 12.0. The lowest BCUT2D eigenvalue weighted by Gasteiger charge is -2.09. The molecule has 0 radical (unpaired) electrons. The summed E-state index contributed by atoms with van der Waals surface area (Å²) in [5.41, 5.74) is 2.79. The van der Waals surface area contributed by atoms with Gasteiger partial charge in [0, 0.05) is 17.5 Å². The first-order chi connectivity index (χ1) is 10.7. The molecule has 0 bridgehead atoms. The first-order valence-corrected chi connectivity index (χ1v) is 6.81. The monoisotopic (exact) mass is 292 g/mol. The maximum Gasteiger partial charge on any atom is 0.137 e. The maximum absolute atomic E-state index is 13.8. The number of hydrogen-bond donors (Lipinski definition) is 1. The second-order valence-corrected chi connectivity index (χ2v) is 5.01. The van der Waals surface area contributed by atoms with Gasteiger partial charge in [-0.15, -0.1) is 0 Å². The van der Waals surface area contributed by atoms with E-state index in [-0.39, 0.29) is 12.4 Å². The highest BCUT2D eigenvalue weighted by Crippen LogP contribution is 2.21. The van der Waals surface area contributed by atoms with Gasteiger partial charge in [0.25, 0.3) is 0 Å². The molecule has 0 unspecified atom stereocenters. The topological polar surface area (TPSA) is 61.6 Å². The molecule has 22 heavy (non-hydrogen) atoms. The standard InChI is InChI=1S/C17H13FN4/c1-11-2-5-16-14(6-11)17(22-10-21-16)20-9-13-7-12(8-19)3-4-15(13)18/h2-7,10H,9H2,1H3,(H,20,21,22). The van der Waals surface area contributed by atoms with Crippen LogP contribution in [0.5, 0.6) is 0 Å². The average molecular weight is 292 g/mol. The Kier molecular flexibility index (Phi) is 3.67. The first kappa shape index (κ1) is 14.0. The number of nitriles is 1. The first-order valence-electron chi connectivity index (χ1n) is 6.81. The van der Waals surface area contributed by atoms with Gasteiger partial charge in [0.1, 0.15) is 18.0 Å². The Morgan fingerprint density at radius 3 is 2.86 bits per heavy atom. The molecule has 0 spiro atoms. The molecule has 108 valence electrons. The Balaban J connectivity index is 1.92. The van der Waals surface area contributed by atoms with Gasteiger partial charge in [0.2, 0.25) is 0 Å². The molecule has 0 aliphatic heterocycles. The third kappa shape index (κ3) is 2.72. The minimum atomic E-state index is -0.346. The molecular weight excluding hydrogens is 279 g/mol. The van der Waals surface area contributed by atoms with Gasteiger partial charge in [0.05, 0.1) is 17.1 Å². The predicted octanol–water partition coefficient (Wildman–Crippen LogP) is 3.56. The van der Waals surface area contributed by atoms with Gasteiger partial charge in [-0.05, 0) is 37.3 Å². The number of nitrogens with one attached hydrogen (secondary N) is 1. The van der Waals surface area contributed by atoms with E-state index >= 15 is 0 Å². The fraction of sp³-hybridized carbons (Fsp3) is 0.118. The molecular formula is C17H13FN4. The van der Waals surface area contributed by atoms with Crippen molar-refractivity contribution in [3.63, 3.8) is 0 Å². The summed E-state index contributed by atoms with van der Waals surface area (Å²) in [5.74, 6) is 0.302. The molecule has 1 aromatic heterocycles. The van der Waals surface area contributed by atoms with E-state index in [1.807, 2.05) is 31.2 Å². The summed E-state index contributed by atoms with van der Waals surface area (Å²) in [4.78, 5) is 8.44. The number of rotatable bonds is 3. The summed E-state index contributed by atoms with van der Waals surface area (Å²) in [6.07, 6.45) is 1.47. The smallest absolute Gasteiger partial charge is 0.137 e. The number of hydrogen-bond acceptors (Lipinski definition) is 4. The number of nitrogens with zero attached hydrogens (tertiary/aromatic N) is 3. The lowest BCUT2D eigenvalue weighted by atomic mass is 10.1. The van der Waals surface area contributed by atoms with Crippen molar-refractivity contribution < 1.29 is 4.39 Å². The zero-order valence-corrected chi connectivity index (χ0v) is 12.0. The number of anilines is 1. The third-order valence-corrected chi connectivity index (χ3v) is 3.41. The quantitative estimate of drug-likeness (QED) is 0.801. The van der Waals surface area contributed by atoms with E-state index in [0.29, 0.717) is 16.9 Å². The lowest BCUT2D eigenvalue weighted by Crippen LogP contribution is -2.05. The van der Waals surface area contributed by atoms with Crippen LogP contribution in [-0.4, -0.2) is 9.97 Å². The minimum Gasteiger partial charge on any atom is -0.365 e. The molecule has 2 aromatic carbocycles. The van der Waals surface area contributed by atoms with Crippen LogP contribution >= 0.6 is 0 Å². The Bertz CT molecular complexity index is 883. The van der Waals surface area contributed by atoms with Crippen molar-refractivity contribution in [2.75, 3.05) is 5.32 Å². The largest absolute Gasteiger partial charge is 0.365 e. The van der Waals surface area contributed by atoms with Gasteiger partial charge in [-0.3, -0.25) is 0 Å². The SMILES string of the molecule is Cc1ccc2ncnc(NCc3cc(C#N)ccc3F)c2c1. The summed E-state index contributed by atoms with van der Waals surface area (Å²) in [7, 11) is 0. The summed E-state index contributed by atoms with van der Waals surface area (Å²) in [6.45, 7) is 2.24. The predicted molar refractivity (Wildman–Crippen MR) is 82.7 cm³/mol. The van der Waals surface area contributed by atoms with Crippen LogP contribution in [-0.2, 0) is 6.54 Å². The van der Waals surface area contributed by atoms with Crippen molar-refractivity contribution in [2.24, 2.45) is 0 Å². The van der Waals surface area contributed by atoms with Gasteiger partial charge in [-0.25, -0.2) is 14.4 Å². The number of aryl methyl sites for hydroxylation is 1. The van der Waals surface area contributed by atoms with Crippen molar-refractivity contribution in [2.45, 2.75) is 13.5 Å². The van der Waals surface area contributed by atoms with E-state index in [4.69, 9.17) is 5.26 Å². The lowest BCUT2D eigenvalue weighted by molar-refractivity contribution is 0.612. The normalized spacial score (nSPS) is 10.4. The Morgan fingerprint density at radius 1 is 1.18 bits per heavy atom. The number of aromatic nitrogens is 2. The van der Waals surface area contributed by atoms with Crippen LogP contribution in [0, 0.1) is 24.1 Å². The van der Waals surface area contributed by atoms with Crippen LogP contribution in [0.3, 0.4) is 0 Å². The molecule has 0 aliphatic rings. The van der Waals surface area contributed by atoms with E-state index in [1.165, 1.54) is 24.5 Å². The molecule has 3 aromatic rings. The summed E-state index contributed by atoms with van der Waals surface area (Å²) in [5, 5.41) is 12.9. The number of halogens is 1. The third-order valence-electron chi connectivity index (χ3n) is 3.41. The molecule has 4 nitrogen and oxygen atoms in total. The summed E-state index contributed by atoms with van der Waals surface area (Å²) in [6, 6.07) is 12.2. The van der Waals surface area contributed by atoms with Crippen LogP contribution < -0.4 is 5.32 Å². The van der Waals surface area contributed by atoms with E-state index in [9.17, 15) is 4.39 Å². The number of fused-ring (bicyclic) bond motifs is 1. The van der Waals surface area contributed by atoms with E-state index < -0.39 is 0 Å². The molecule has 0 saturated heterocycles. The maximum atomic E-state index is 13.8. The van der Waals surface area contributed by atoms with E-state index in [1.54, 1.807) is 0 Å². The van der Waals surface area contributed by atoms with Crippen LogP contribution in [0.2, 0.25) is 0 Å². The molecule has 0 atom stereocenters. The second kappa shape index (κ2) is 5.78. The van der Waals surface area contributed by atoms with Crippen LogP contribution in [0.4, 0.5) is 10.2 Å². The Labute approximate surface area is 127 Å². The van der Waals surface area contributed by atoms with Crippen molar-refractivity contribution in [1.29, 1.82) is 5.26 Å². The van der Waals surface area contributed by atoms with Gasteiger partial charge in [-0.2, -0.15) is 5.26 Å². The summed E-state index contributed by atoms with van der Waals surface area (Å²) >= 11 is 0. The summed E-state index contributed by atoms with van der Waals surface area (Å²) < 4.78 is 13.8. The average Bonchev–Trinajstić information content (AvgIpc) is 2.54. The molecule has 0 fully saturated rings. The molecule has 5 heteroatoms. The Hall–Kier alpha value is -3.00. The fourth-order valence-corrected chi connectivity index (χ4v) is 2.27. The molecule has 1 heterocycles. The molecule has 3 rings (SSSR count). The highest BCUT2D eigenvalue weighted by atomic mass is 19.1. The second-order valence-electron chi connectivity index (χ2n) is 5.01. The van der Waals surface area contributed by atoms with Crippen LogP contribution in [0.25, 0.3) is 10.9 Å². The zero-order chi connectivity index (χ0) is 15.5. The number of benzene rings is 2. The van der Waals surface area contributed by atoms with Crippen molar-refractivity contribution in [1.82, 2.24) is 9.97 Å². The van der Waals surface area contributed by atoms with E-state index in [2.05, 4.69) is 15.3 Å². The molecule has 0 amide bonds. The molecule has 0 saturated carbocycles. The fourth-order valence-electron chi connectivity index (χ4n) is 2.27. The Morgan fingerprint density at radius 2 is 2.05 bits per heavy atom. The van der Waals surface area contributed by atoms with Crippen LogP contribution in [0.1, 0.15) is 16.7 Å². The van der Waals surface area contributed by atoms with Gasteiger partial charge < -0.3 is 5.32 Å². The van der Waals surface area contributed by atoms with Crippen LogP contribution in [0.15, 0.2) is 42.7 Å². The highest BCUT2D eigenvalue weighted by molar-refractivity contribution is 5.89.